The van der Waals surface area contributed by atoms with Gasteiger partial charge in [0.05, 0.1) is 0 Å². The first-order chi connectivity index (χ1) is 8.87. The zero-order valence-corrected chi connectivity index (χ0v) is 11.6. The van der Waals surface area contributed by atoms with Crippen LogP contribution in [0.2, 0.25) is 0 Å². The van der Waals surface area contributed by atoms with Gasteiger partial charge in [-0.15, -0.1) is 0 Å². The number of hydrogen-bond acceptors (Lipinski definition) is 2. The van der Waals surface area contributed by atoms with E-state index in [2.05, 4.69) is 0 Å². The van der Waals surface area contributed by atoms with Gasteiger partial charge >= 0.3 is 7.82 Å². The van der Waals surface area contributed by atoms with Gasteiger partial charge in [0.25, 0.3) is 0 Å². The molecule has 0 aliphatic heterocycles. The molecule has 0 bridgehead atoms. The fraction of sp³-hybridized carbons (Fsp3) is 0.143. The van der Waals surface area contributed by atoms with E-state index in [4.69, 9.17) is 14.3 Å². The molecule has 2 aromatic carbocycles. The quantitative estimate of drug-likeness (QED) is 0.844. The van der Waals surface area contributed by atoms with Gasteiger partial charge in [-0.1, -0.05) is 42.0 Å². The molecule has 0 aliphatic rings. The van der Waals surface area contributed by atoms with Crippen LogP contribution in [-0.2, 0) is 4.57 Å². The minimum atomic E-state index is -4.56. The van der Waals surface area contributed by atoms with E-state index in [1.54, 1.807) is 24.3 Å². The molecule has 2 aromatic rings. The smallest absolute Gasteiger partial charge is 0.404 e. The third kappa shape index (κ3) is 3.44. The van der Waals surface area contributed by atoms with Crippen LogP contribution in [0.4, 0.5) is 0 Å². The summed E-state index contributed by atoms with van der Waals surface area (Å²) in [5, 5.41) is 0. The van der Waals surface area contributed by atoms with Gasteiger partial charge in [-0.2, -0.15) is 0 Å². The monoisotopic (exact) mass is 278 g/mol. The Bertz CT molecular complexity index is 646. The summed E-state index contributed by atoms with van der Waals surface area (Å²) in [4.78, 5) is 17.9. The van der Waals surface area contributed by atoms with Crippen LogP contribution in [0.15, 0.2) is 42.5 Å². The van der Waals surface area contributed by atoms with Crippen molar-refractivity contribution in [3.05, 3.63) is 53.6 Å². The van der Waals surface area contributed by atoms with Crippen molar-refractivity contribution in [3.8, 4) is 16.9 Å². The molecular weight excluding hydrogens is 263 g/mol. The van der Waals surface area contributed by atoms with Gasteiger partial charge < -0.3 is 4.52 Å². The lowest BCUT2D eigenvalue weighted by Gasteiger charge is -2.13. The van der Waals surface area contributed by atoms with E-state index in [9.17, 15) is 4.57 Å². The van der Waals surface area contributed by atoms with Gasteiger partial charge in [-0.3, -0.25) is 9.79 Å². The van der Waals surface area contributed by atoms with Crippen molar-refractivity contribution in [2.45, 2.75) is 13.8 Å². The minimum absolute atomic E-state index is 0.183. The average molecular weight is 278 g/mol. The number of benzene rings is 2. The van der Waals surface area contributed by atoms with Gasteiger partial charge in [0, 0.05) is 5.56 Å². The number of rotatable bonds is 3. The molecule has 0 saturated heterocycles. The summed E-state index contributed by atoms with van der Waals surface area (Å²) in [5.74, 6) is 0.183. The van der Waals surface area contributed by atoms with Crippen LogP contribution in [0.1, 0.15) is 11.1 Å². The number of aryl methyl sites for hydroxylation is 2. The maximum atomic E-state index is 11.0. The molecule has 0 saturated carbocycles. The lowest BCUT2D eigenvalue weighted by Crippen LogP contribution is -1.94. The van der Waals surface area contributed by atoms with E-state index in [1.807, 2.05) is 32.0 Å². The molecule has 2 rings (SSSR count). The molecule has 0 fully saturated rings. The van der Waals surface area contributed by atoms with Crippen LogP contribution in [0, 0.1) is 13.8 Å². The number of hydrogen-bond donors (Lipinski definition) is 2. The molecule has 4 nitrogen and oxygen atoms in total. The maximum absolute atomic E-state index is 11.0. The largest absolute Gasteiger partial charge is 0.524 e. The van der Waals surface area contributed by atoms with E-state index in [1.165, 1.54) is 0 Å². The van der Waals surface area contributed by atoms with Crippen LogP contribution < -0.4 is 4.52 Å². The molecule has 0 amide bonds. The molecule has 0 atom stereocenters. The summed E-state index contributed by atoms with van der Waals surface area (Å²) in [6.07, 6.45) is 0. The molecule has 0 radical (unpaired) electrons. The molecule has 19 heavy (non-hydrogen) atoms. The molecule has 2 N–H and O–H groups in total. The second-order valence-electron chi connectivity index (χ2n) is 4.40. The molecule has 100 valence electrons. The predicted octanol–water partition coefficient (Wildman–Crippen LogP) is 3.44. The van der Waals surface area contributed by atoms with E-state index < -0.39 is 7.82 Å². The van der Waals surface area contributed by atoms with E-state index in [0.29, 0.717) is 5.56 Å². The fourth-order valence-corrected chi connectivity index (χ4v) is 2.43. The Kier molecular flexibility index (Phi) is 3.76. The first-order valence-electron chi connectivity index (χ1n) is 5.78. The third-order valence-electron chi connectivity index (χ3n) is 2.78. The Morgan fingerprint density at radius 3 is 2.32 bits per heavy atom. The van der Waals surface area contributed by atoms with Gasteiger partial charge in [-0.25, -0.2) is 4.57 Å². The minimum Gasteiger partial charge on any atom is -0.404 e. The summed E-state index contributed by atoms with van der Waals surface area (Å²) in [7, 11) is -4.56. The molecular formula is C14H15O4P. The Balaban J connectivity index is 2.53. The first-order valence-corrected chi connectivity index (χ1v) is 7.31. The molecule has 0 spiro atoms. The van der Waals surface area contributed by atoms with Gasteiger partial charge in [0.1, 0.15) is 5.75 Å². The van der Waals surface area contributed by atoms with Gasteiger partial charge in [0.2, 0.25) is 0 Å². The molecule has 0 unspecified atom stereocenters. The van der Waals surface area contributed by atoms with Crippen LogP contribution >= 0.6 is 7.82 Å². The summed E-state index contributed by atoms with van der Waals surface area (Å²) < 4.78 is 15.7. The Labute approximate surface area is 111 Å². The Hall–Kier alpha value is -1.61. The SMILES string of the molecule is Cc1ccc(-c2ccccc2OP(=O)(O)O)c(C)c1. The summed E-state index contributed by atoms with van der Waals surface area (Å²) in [6.45, 7) is 3.95. The second kappa shape index (κ2) is 5.17. The van der Waals surface area contributed by atoms with Crippen LogP contribution in [-0.4, -0.2) is 9.79 Å². The number of para-hydroxylation sites is 1. The van der Waals surface area contributed by atoms with Crippen molar-refractivity contribution in [1.29, 1.82) is 0 Å². The standard InChI is InChI=1S/C14H15O4P/c1-10-7-8-12(11(2)9-10)13-5-3-4-6-14(13)18-19(15,16)17/h3-9H,1-2H3,(H2,15,16,17). The average Bonchev–Trinajstić information content (AvgIpc) is 2.28. The van der Waals surface area contributed by atoms with Gasteiger partial charge in [0.15, 0.2) is 0 Å². The van der Waals surface area contributed by atoms with Crippen molar-refractivity contribution >= 4 is 7.82 Å². The molecule has 5 heteroatoms. The Morgan fingerprint density at radius 2 is 1.68 bits per heavy atom. The highest BCUT2D eigenvalue weighted by atomic mass is 31.2. The van der Waals surface area contributed by atoms with Crippen LogP contribution in [0.25, 0.3) is 11.1 Å². The van der Waals surface area contributed by atoms with Crippen molar-refractivity contribution in [1.82, 2.24) is 0 Å². The van der Waals surface area contributed by atoms with Gasteiger partial charge in [-0.05, 0) is 31.0 Å². The van der Waals surface area contributed by atoms with Crippen molar-refractivity contribution in [3.63, 3.8) is 0 Å². The molecule has 0 heterocycles. The highest BCUT2D eigenvalue weighted by Gasteiger charge is 2.19. The molecule has 0 aromatic heterocycles. The highest BCUT2D eigenvalue weighted by molar-refractivity contribution is 7.46. The van der Waals surface area contributed by atoms with E-state index >= 15 is 0 Å². The van der Waals surface area contributed by atoms with E-state index in [0.717, 1.165) is 16.7 Å². The summed E-state index contributed by atoms with van der Waals surface area (Å²) in [5.41, 5.74) is 3.73. The first kappa shape index (κ1) is 13.8. The second-order valence-corrected chi connectivity index (χ2v) is 5.56. The lowest BCUT2D eigenvalue weighted by molar-refractivity contribution is 0.283. The maximum Gasteiger partial charge on any atom is 0.524 e. The highest BCUT2D eigenvalue weighted by Crippen LogP contribution is 2.42. The normalized spacial score (nSPS) is 11.4. The Morgan fingerprint density at radius 1 is 1.00 bits per heavy atom. The topological polar surface area (TPSA) is 66.8 Å². The summed E-state index contributed by atoms with van der Waals surface area (Å²) >= 11 is 0. The number of phosphoric acid groups is 1. The van der Waals surface area contributed by atoms with Crippen molar-refractivity contribution in [2.24, 2.45) is 0 Å². The predicted molar refractivity (Wildman–Crippen MR) is 74.0 cm³/mol. The zero-order valence-electron chi connectivity index (χ0n) is 10.7. The fourth-order valence-electron chi connectivity index (χ4n) is 2.01. The summed E-state index contributed by atoms with van der Waals surface area (Å²) in [6, 6.07) is 12.7. The number of phosphoric ester groups is 1. The van der Waals surface area contributed by atoms with E-state index in [-0.39, 0.29) is 5.75 Å². The zero-order chi connectivity index (χ0) is 14.0. The third-order valence-corrected chi connectivity index (χ3v) is 3.21. The van der Waals surface area contributed by atoms with Crippen molar-refractivity contribution in [2.75, 3.05) is 0 Å². The van der Waals surface area contributed by atoms with Crippen LogP contribution in [0.5, 0.6) is 5.75 Å². The molecule has 0 aliphatic carbocycles. The van der Waals surface area contributed by atoms with Crippen molar-refractivity contribution < 1.29 is 18.9 Å². The van der Waals surface area contributed by atoms with Crippen LogP contribution in [0.3, 0.4) is 0 Å². The lowest BCUT2D eigenvalue weighted by atomic mass is 9.98.